The van der Waals surface area contributed by atoms with Gasteiger partial charge in [-0.15, -0.1) is 0 Å². The summed E-state index contributed by atoms with van der Waals surface area (Å²) >= 11 is 2.13. The second-order valence-electron chi connectivity index (χ2n) is 3.90. The number of halogens is 1. The summed E-state index contributed by atoms with van der Waals surface area (Å²) in [5, 5.41) is 15.3. The summed E-state index contributed by atoms with van der Waals surface area (Å²) < 4.78 is 27.8. The molecule has 0 aliphatic heterocycles. The molecule has 0 radical (unpaired) electrons. The molecule has 102 valence electrons. The number of H-pyrrole nitrogens is 1. The zero-order valence-corrected chi connectivity index (χ0v) is 13.0. The summed E-state index contributed by atoms with van der Waals surface area (Å²) in [5.74, 6) is 0. The highest BCUT2D eigenvalue weighted by molar-refractivity contribution is 14.1. The highest BCUT2D eigenvalue weighted by atomic mass is 127. The van der Waals surface area contributed by atoms with Gasteiger partial charge in [0.25, 0.3) is 10.0 Å². The van der Waals surface area contributed by atoms with Crippen LogP contribution in [-0.4, -0.2) is 23.7 Å². The number of nitrogens with zero attached hydrogens (tertiary/aromatic N) is 1. The molecule has 0 unspecified atom stereocenters. The van der Waals surface area contributed by atoms with Crippen LogP contribution < -0.4 is 4.72 Å². The van der Waals surface area contributed by atoms with Gasteiger partial charge in [-0.05, 0) is 53.8 Å². The number of benzene rings is 1. The fraction of sp³-hybridized carbons (Fsp3) is 0.182. The lowest BCUT2D eigenvalue weighted by Crippen LogP contribution is -2.15. The number of hydrogen-bond donors (Lipinski definition) is 3. The van der Waals surface area contributed by atoms with Crippen molar-refractivity contribution >= 4 is 38.3 Å². The number of anilines is 1. The Kier molecular flexibility index (Phi) is 4.11. The van der Waals surface area contributed by atoms with Gasteiger partial charge in [0.2, 0.25) is 5.03 Å². The largest absolute Gasteiger partial charge is 0.392 e. The van der Waals surface area contributed by atoms with Crippen LogP contribution in [0.3, 0.4) is 0 Å². The number of aliphatic hydroxyl groups excluding tert-OH is 1. The van der Waals surface area contributed by atoms with Crippen LogP contribution in [0.2, 0.25) is 0 Å². The minimum atomic E-state index is -3.80. The molecular weight excluding hydrogens is 381 g/mol. The molecule has 19 heavy (non-hydrogen) atoms. The maximum atomic E-state index is 12.2. The first-order chi connectivity index (χ1) is 8.94. The summed E-state index contributed by atoms with van der Waals surface area (Å²) in [6.07, 6.45) is 0. The van der Waals surface area contributed by atoms with Gasteiger partial charge < -0.3 is 5.11 Å². The van der Waals surface area contributed by atoms with Crippen LogP contribution in [0.25, 0.3) is 0 Å². The molecule has 2 rings (SSSR count). The Hall–Kier alpha value is -1.13. The van der Waals surface area contributed by atoms with E-state index in [1.807, 2.05) is 0 Å². The molecule has 0 aliphatic rings. The molecular formula is C11H12IN3O3S. The first kappa shape index (κ1) is 14.3. The van der Waals surface area contributed by atoms with Crippen LogP contribution in [0.1, 0.15) is 11.3 Å². The number of rotatable bonds is 4. The number of aryl methyl sites for hydroxylation is 1. The average molecular weight is 393 g/mol. The second kappa shape index (κ2) is 5.47. The van der Waals surface area contributed by atoms with E-state index >= 15 is 0 Å². The van der Waals surface area contributed by atoms with Gasteiger partial charge in [0.05, 0.1) is 6.61 Å². The van der Waals surface area contributed by atoms with E-state index in [9.17, 15) is 13.5 Å². The number of aromatic amines is 1. The van der Waals surface area contributed by atoms with Crippen molar-refractivity contribution in [3.63, 3.8) is 0 Å². The molecule has 0 fully saturated rings. The topological polar surface area (TPSA) is 95.1 Å². The van der Waals surface area contributed by atoms with Gasteiger partial charge in [-0.2, -0.15) is 13.5 Å². The van der Waals surface area contributed by atoms with Crippen molar-refractivity contribution in [2.45, 2.75) is 18.6 Å². The van der Waals surface area contributed by atoms with Crippen molar-refractivity contribution < 1.29 is 13.5 Å². The van der Waals surface area contributed by atoms with Crippen molar-refractivity contribution in [1.82, 2.24) is 10.2 Å². The Morgan fingerprint density at radius 3 is 2.58 bits per heavy atom. The van der Waals surface area contributed by atoms with E-state index in [2.05, 4.69) is 37.5 Å². The van der Waals surface area contributed by atoms with Crippen LogP contribution in [-0.2, 0) is 16.6 Å². The molecule has 0 bridgehead atoms. The Morgan fingerprint density at radius 2 is 2.00 bits per heavy atom. The van der Waals surface area contributed by atoms with Crippen LogP contribution >= 0.6 is 22.6 Å². The van der Waals surface area contributed by atoms with Crippen molar-refractivity contribution in [2.24, 2.45) is 0 Å². The molecule has 2 aromatic rings. The number of aliphatic hydroxyl groups is 1. The molecule has 0 atom stereocenters. The molecule has 3 N–H and O–H groups in total. The fourth-order valence-corrected chi connectivity index (χ4v) is 3.17. The molecule has 1 aromatic heterocycles. The van der Waals surface area contributed by atoms with Crippen LogP contribution in [0.4, 0.5) is 5.69 Å². The van der Waals surface area contributed by atoms with Crippen LogP contribution in [0.5, 0.6) is 0 Å². The van der Waals surface area contributed by atoms with Crippen LogP contribution in [0, 0.1) is 10.5 Å². The molecule has 1 aromatic carbocycles. The third-order valence-electron chi connectivity index (χ3n) is 2.55. The third kappa shape index (κ3) is 3.07. The lowest BCUT2D eigenvalue weighted by molar-refractivity contribution is 0.277. The molecule has 0 spiro atoms. The van der Waals surface area contributed by atoms with Gasteiger partial charge in [0.1, 0.15) is 0 Å². The Morgan fingerprint density at radius 1 is 1.37 bits per heavy atom. The molecule has 0 saturated carbocycles. The van der Waals surface area contributed by atoms with Crippen molar-refractivity contribution in [3.05, 3.63) is 39.1 Å². The van der Waals surface area contributed by atoms with E-state index < -0.39 is 10.0 Å². The van der Waals surface area contributed by atoms with Crippen molar-refractivity contribution in [3.8, 4) is 0 Å². The van der Waals surface area contributed by atoms with Gasteiger partial charge in [-0.1, -0.05) is 0 Å². The normalized spacial score (nSPS) is 11.5. The molecule has 6 nitrogen and oxygen atoms in total. The summed E-state index contributed by atoms with van der Waals surface area (Å²) in [4.78, 5) is 0. The van der Waals surface area contributed by atoms with E-state index in [1.165, 1.54) is 0 Å². The minimum Gasteiger partial charge on any atom is -0.392 e. The summed E-state index contributed by atoms with van der Waals surface area (Å²) in [6.45, 7) is 1.27. The molecule has 1 heterocycles. The summed E-state index contributed by atoms with van der Waals surface area (Å²) in [5.41, 5.74) is 1.26. The van der Waals surface area contributed by atoms with Gasteiger partial charge in [-0.3, -0.25) is 9.82 Å². The predicted molar refractivity (Wildman–Crippen MR) is 79.2 cm³/mol. The maximum absolute atomic E-state index is 12.2. The standard InChI is InChI=1S/C11H12IN3O3S/c1-7-10(6-16)11(14-13-7)19(17,18)15-9-4-2-8(12)3-5-9/h2-5,15-16H,6H2,1H3,(H,13,14). The summed E-state index contributed by atoms with van der Waals surface area (Å²) in [7, 11) is -3.80. The predicted octanol–water partition coefficient (Wildman–Crippen LogP) is 1.62. The molecule has 0 amide bonds. The Balaban J connectivity index is 2.35. The first-order valence-electron chi connectivity index (χ1n) is 5.37. The van der Waals surface area contributed by atoms with E-state index in [-0.39, 0.29) is 17.2 Å². The van der Waals surface area contributed by atoms with Gasteiger partial charge >= 0.3 is 0 Å². The average Bonchev–Trinajstić information content (AvgIpc) is 2.74. The third-order valence-corrected chi connectivity index (χ3v) is 4.62. The molecule has 0 aliphatic carbocycles. The van der Waals surface area contributed by atoms with Gasteiger partial charge in [0.15, 0.2) is 0 Å². The monoisotopic (exact) mass is 393 g/mol. The first-order valence-corrected chi connectivity index (χ1v) is 7.93. The van der Waals surface area contributed by atoms with E-state index in [4.69, 9.17) is 0 Å². The SMILES string of the molecule is Cc1[nH]nc(S(=O)(=O)Nc2ccc(I)cc2)c1CO. The van der Waals surface area contributed by atoms with Gasteiger partial charge in [0, 0.05) is 20.5 Å². The lowest BCUT2D eigenvalue weighted by atomic mass is 10.3. The minimum absolute atomic E-state index is 0.175. The highest BCUT2D eigenvalue weighted by Crippen LogP contribution is 2.20. The molecule has 0 saturated heterocycles. The van der Waals surface area contributed by atoms with Crippen molar-refractivity contribution in [2.75, 3.05) is 4.72 Å². The lowest BCUT2D eigenvalue weighted by Gasteiger charge is -2.07. The number of sulfonamides is 1. The van der Waals surface area contributed by atoms with Crippen molar-refractivity contribution in [1.29, 1.82) is 0 Å². The van der Waals surface area contributed by atoms with Crippen LogP contribution in [0.15, 0.2) is 29.3 Å². The second-order valence-corrected chi connectivity index (χ2v) is 6.75. The quantitative estimate of drug-likeness (QED) is 0.688. The van der Waals surface area contributed by atoms with E-state index in [1.54, 1.807) is 31.2 Å². The smallest absolute Gasteiger partial charge is 0.281 e. The zero-order chi connectivity index (χ0) is 14.0. The Labute approximate surface area is 124 Å². The fourth-order valence-electron chi connectivity index (χ4n) is 1.56. The molecule has 8 heteroatoms. The number of hydrogen-bond acceptors (Lipinski definition) is 4. The number of nitrogens with one attached hydrogen (secondary N) is 2. The van der Waals surface area contributed by atoms with E-state index in [0.29, 0.717) is 11.4 Å². The maximum Gasteiger partial charge on any atom is 0.281 e. The highest BCUT2D eigenvalue weighted by Gasteiger charge is 2.23. The zero-order valence-electron chi connectivity index (χ0n) is 10.0. The van der Waals surface area contributed by atoms with E-state index in [0.717, 1.165) is 3.57 Å². The number of aromatic nitrogens is 2. The Bertz CT molecular complexity index is 680. The summed E-state index contributed by atoms with van der Waals surface area (Å²) in [6, 6.07) is 6.91. The van der Waals surface area contributed by atoms with Gasteiger partial charge in [-0.25, -0.2) is 0 Å².